The van der Waals surface area contributed by atoms with Crippen LogP contribution in [0.2, 0.25) is 0 Å². The topological polar surface area (TPSA) is 32.3 Å². The minimum absolute atomic E-state index is 0. The number of halogens is 5. The molecular weight excluding hydrogens is 336 g/mol. The van der Waals surface area contributed by atoms with Crippen molar-refractivity contribution in [2.24, 2.45) is 5.41 Å². The lowest BCUT2D eigenvalue weighted by Crippen LogP contribution is -2.44. The fourth-order valence-electron chi connectivity index (χ4n) is 3.33. The maximum absolute atomic E-state index is 13.7. The Morgan fingerprint density at radius 1 is 1.04 bits per heavy atom. The molecule has 3 nitrogen and oxygen atoms in total. The van der Waals surface area contributed by atoms with Gasteiger partial charge in [-0.15, -0.1) is 12.4 Å². The predicted molar refractivity (Wildman–Crippen MR) is 78.6 cm³/mol. The van der Waals surface area contributed by atoms with E-state index in [1.165, 1.54) is 4.90 Å². The van der Waals surface area contributed by atoms with E-state index < -0.39 is 34.7 Å². The van der Waals surface area contributed by atoms with E-state index in [1.54, 1.807) is 0 Å². The smallest absolute Gasteiger partial charge is 0.260 e. The molecule has 1 aromatic rings. The molecular formula is C15H17ClF4N2O. The van der Waals surface area contributed by atoms with Gasteiger partial charge in [-0.3, -0.25) is 4.79 Å². The summed E-state index contributed by atoms with van der Waals surface area (Å²) in [6.45, 7) is 2.45. The van der Waals surface area contributed by atoms with Crippen LogP contribution in [0.3, 0.4) is 0 Å². The lowest BCUT2D eigenvalue weighted by molar-refractivity contribution is 0.0596. The molecule has 1 N–H and O–H groups in total. The summed E-state index contributed by atoms with van der Waals surface area (Å²) >= 11 is 0. The molecule has 0 bridgehead atoms. The van der Waals surface area contributed by atoms with E-state index in [4.69, 9.17) is 0 Å². The second-order valence-electron chi connectivity index (χ2n) is 6.06. The Hall–Kier alpha value is -1.34. The van der Waals surface area contributed by atoms with Crippen LogP contribution in [0.25, 0.3) is 0 Å². The van der Waals surface area contributed by atoms with E-state index in [0.29, 0.717) is 25.9 Å². The van der Waals surface area contributed by atoms with E-state index in [0.717, 1.165) is 19.5 Å². The van der Waals surface area contributed by atoms with Gasteiger partial charge in [0.1, 0.15) is 5.56 Å². The number of piperidine rings is 1. The Labute approximate surface area is 137 Å². The van der Waals surface area contributed by atoms with Gasteiger partial charge >= 0.3 is 0 Å². The molecule has 8 heteroatoms. The SMILES string of the molecule is Cl.O=C(c1c(F)c(F)cc(F)c1F)N1CCC2(CCNC2)CC1. The first-order chi connectivity index (χ1) is 10.4. The van der Waals surface area contributed by atoms with Crippen molar-refractivity contribution >= 4 is 18.3 Å². The van der Waals surface area contributed by atoms with Crippen molar-refractivity contribution in [1.29, 1.82) is 0 Å². The van der Waals surface area contributed by atoms with Crippen molar-refractivity contribution in [3.05, 3.63) is 34.9 Å². The van der Waals surface area contributed by atoms with Crippen LogP contribution in [0.5, 0.6) is 0 Å². The van der Waals surface area contributed by atoms with E-state index in [9.17, 15) is 22.4 Å². The van der Waals surface area contributed by atoms with Crippen LogP contribution in [0.15, 0.2) is 6.07 Å². The second-order valence-corrected chi connectivity index (χ2v) is 6.06. The van der Waals surface area contributed by atoms with Crippen LogP contribution in [0.1, 0.15) is 29.6 Å². The molecule has 2 saturated heterocycles. The average molecular weight is 353 g/mol. The molecule has 0 atom stereocenters. The lowest BCUT2D eigenvalue weighted by Gasteiger charge is -2.38. The Balaban J connectivity index is 0.00000192. The van der Waals surface area contributed by atoms with Gasteiger partial charge in [-0.05, 0) is 31.2 Å². The van der Waals surface area contributed by atoms with Crippen LogP contribution in [-0.2, 0) is 0 Å². The molecule has 0 radical (unpaired) electrons. The quantitative estimate of drug-likeness (QED) is 0.622. The van der Waals surface area contributed by atoms with Crippen LogP contribution >= 0.6 is 12.4 Å². The number of rotatable bonds is 1. The highest BCUT2D eigenvalue weighted by atomic mass is 35.5. The third-order valence-electron chi connectivity index (χ3n) is 4.77. The maximum Gasteiger partial charge on any atom is 0.260 e. The van der Waals surface area contributed by atoms with Gasteiger partial charge in [0.2, 0.25) is 0 Å². The first-order valence-corrected chi connectivity index (χ1v) is 7.26. The molecule has 3 rings (SSSR count). The Morgan fingerprint density at radius 3 is 2.09 bits per heavy atom. The van der Waals surface area contributed by atoms with E-state index in [1.807, 2.05) is 0 Å². The van der Waals surface area contributed by atoms with Gasteiger partial charge in [-0.1, -0.05) is 0 Å². The Bertz CT molecular complexity index is 584. The fourth-order valence-corrected chi connectivity index (χ4v) is 3.33. The summed E-state index contributed by atoms with van der Waals surface area (Å²) in [5.74, 6) is -7.38. The molecule has 2 aliphatic rings. The van der Waals surface area contributed by atoms with Crippen molar-refractivity contribution in [2.45, 2.75) is 19.3 Å². The standard InChI is InChI=1S/C15H16F4N2O.ClH/c16-9-7-10(17)13(19)11(12(9)18)14(22)21-5-2-15(3-6-21)1-4-20-8-15;/h7,20H,1-6,8H2;1H. The van der Waals surface area contributed by atoms with Crippen molar-refractivity contribution in [3.8, 4) is 0 Å². The zero-order chi connectivity index (χ0) is 15.9. The monoisotopic (exact) mass is 352 g/mol. The summed E-state index contributed by atoms with van der Waals surface area (Å²) in [6, 6.07) is 0.108. The number of hydrogen-bond acceptors (Lipinski definition) is 2. The molecule has 1 aromatic carbocycles. The van der Waals surface area contributed by atoms with Crippen LogP contribution in [0, 0.1) is 28.7 Å². The second kappa shape index (κ2) is 6.65. The summed E-state index contributed by atoms with van der Waals surface area (Å²) in [5, 5.41) is 3.27. The first kappa shape index (κ1) is 18.0. The van der Waals surface area contributed by atoms with Gasteiger partial charge in [0, 0.05) is 25.7 Å². The first-order valence-electron chi connectivity index (χ1n) is 7.26. The highest BCUT2D eigenvalue weighted by Crippen LogP contribution is 2.37. The maximum atomic E-state index is 13.7. The Kier molecular flexibility index (Phi) is 5.20. The number of amides is 1. The Morgan fingerprint density at radius 2 is 1.61 bits per heavy atom. The van der Waals surface area contributed by atoms with Crippen LogP contribution in [-0.4, -0.2) is 37.0 Å². The number of nitrogens with zero attached hydrogens (tertiary/aromatic N) is 1. The molecule has 0 unspecified atom stereocenters. The largest absolute Gasteiger partial charge is 0.338 e. The third kappa shape index (κ3) is 3.17. The van der Waals surface area contributed by atoms with Gasteiger partial charge < -0.3 is 10.2 Å². The van der Waals surface area contributed by atoms with Gasteiger partial charge in [-0.25, -0.2) is 17.6 Å². The molecule has 2 heterocycles. The van der Waals surface area contributed by atoms with Crippen molar-refractivity contribution < 1.29 is 22.4 Å². The lowest BCUT2D eigenvalue weighted by atomic mass is 9.78. The van der Waals surface area contributed by atoms with E-state index in [-0.39, 0.29) is 23.9 Å². The minimum Gasteiger partial charge on any atom is -0.338 e. The molecule has 1 amide bonds. The van der Waals surface area contributed by atoms with Gasteiger partial charge in [-0.2, -0.15) is 0 Å². The van der Waals surface area contributed by atoms with Crippen molar-refractivity contribution in [3.63, 3.8) is 0 Å². The molecule has 0 saturated carbocycles. The minimum atomic E-state index is -1.63. The molecule has 1 spiro atoms. The van der Waals surface area contributed by atoms with Crippen LogP contribution < -0.4 is 5.32 Å². The number of nitrogens with one attached hydrogen (secondary N) is 1. The summed E-state index contributed by atoms with van der Waals surface area (Å²) in [4.78, 5) is 13.5. The highest BCUT2D eigenvalue weighted by Gasteiger charge is 2.39. The molecule has 2 fully saturated rings. The van der Waals surface area contributed by atoms with E-state index >= 15 is 0 Å². The van der Waals surface area contributed by atoms with Crippen LogP contribution in [0.4, 0.5) is 17.6 Å². The normalized spacial score (nSPS) is 19.7. The summed E-state index contributed by atoms with van der Waals surface area (Å²) in [6.07, 6.45) is 2.44. The van der Waals surface area contributed by atoms with Crippen molar-refractivity contribution in [2.75, 3.05) is 26.2 Å². The van der Waals surface area contributed by atoms with Gasteiger partial charge in [0.05, 0.1) is 0 Å². The number of likely N-dealkylation sites (tertiary alicyclic amines) is 1. The summed E-state index contributed by atoms with van der Waals surface area (Å²) in [5.41, 5.74) is -1.01. The highest BCUT2D eigenvalue weighted by molar-refractivity contribution is 5.95. The number of benzene rings is 1. The van der Waals surface area contributed by atoms with E-state index in [2.05, 4.69) is 5.32 Å². The molecule has 0 aromatic heterocycles. The molecule has 128 valence electrons. The molecule has 2 aliphatic heterocycles. The number of carbonyl (C=O) groups is 1. The van der Waals surface area contributed by atoms with Gasteiger partial charge in [0.15, 0.2) is 23.3 Å². The number of hydrogen-bond donors (Lipinski definition) is 1. The predicted octanol–water partition coefficient (Wildman–Crippen LogP) is 2.88. The van der Waals surface area contributed by atoms with Crippen molar-refractivity contribution in [1.82, 2.24) is 10.2 Å². The third-order valence-corrected chi connectivity index (χ3v) is 4.77. The summed E-state index contributed by atoms with van der Waals surface area (Å²) in [7, 11) is 0. The zero-order valence-electron chi connectivity index (χ0n) is 12.3. The number of carbonyl (C=O) groups excluding carboxylic acids is 1. The molecule has 0 aliphatic carbocycles. The summed E-state index contributed by atoms with van der Waals surface area (Å²) < 4.78 is 53.9. The zero-order valence-corrected chi connectivity index (χ0v) is 13.1. The average Bonchev–Trinajstić information content (AvgIpc) is 2.94. The fraction of sp³-hybridized carbons (Fsp3) is 0.533. The van der Waals surface area contributed by atoms with Gasteiger partial charge in [0.25, 0.3) is 5.91 Å². The molecule has 23 heavy (non-hydrogen) atoms.